The van der Waals surface area contributed by atoms with Crippen molar-refractivity contribution < 1.29 is 22.8 Å². The lowest BCUT2D eigenvalue weighted by Gasteiger charge is -2.36. The molecule has 1 aliphatic rings. The minimum atomic E-state index is -3.80. The molecule has 29 heavy (non-hydrogen) atoms. The molecule has 0 N–H and O–H groups in total. The summed E-state index contributed by atoms with van der Waals surface area (Å²) in [5.74, 6) is 0.619. The Balaban J connectivity index is 1.68. The maximum atomic E-state index is 12.9. The molecule has 1 amide bonds. The average molecular weight is 420 g/mol. The number of carbonyl (C=O) groups excluding carboxylic acids is 1. The van der Waals surface area contributed by atoms with Crippen LogP contribution in [0.5, 0.6) is 5.75 Å². The van der Waals surface area contributed by atoms with Gasteiger partial charge in [-0.05, 0) is 42.5 Å². The van der Waals surface area contributed by atoms with E-state index in [-0.39, 0.29) is 10.8 Å². The van der Waals surface area contributed by atoms with E-state index in [1.54, 1.807) is 24.1 Å². The number of nitrogens with zero attached hydrogens (tertiary/aromatic N) is 3. The van der Waals surface area contributed by atoms with Crippen molar-refractivity contribution in [3.8, 4) is 5.75 Å². The molecule has 0 unspecified atom stereocenters. The third kappa shape index (κ3) is 4.52. The summed E-state index contributed by atoms with van der Waals surface area (Å²) in [6, 6.07) is 13.9. The standard InChI is InChI=1S/C20H25N3O5S/c1-21(28-3)29(25,26)19-6-4-5-16(15-19)20(24)23-13-11-22(12-14-23)17-7-9-18(27-2)10-8-17/h4-10,15H,11-14H2,1-3H3. The predicted molar refractivity (Wildman–Crippen MR) is 110 cm³/mol. The molecular formula is C20H25N3O5S. The van der Waals surface area contributed by atoms with Gasteiger partial charge in [0.15, 0.2) is 0 Å². The summed E-state index contributed by atoms with van der Waals surface area (Å²) in [7, 11) is 0.408. The van der Waals surface area contributed by atoms with Gasteiger partial charge in [0, 0.05) is 44.5 Å². The summed E-state index contributed by atoms with van der Waals surface area (Å²) >= 11 is 0. The highest BCUT2D eigenvalue weighted by Gasteiger charge is 2.25. The third-order valence-corrected chi connectivity index (χ3v) is 6.65. The highest BCUT2D eigenvalue weighted by molar-refractivity contribution is 7.89. The molecule has 1 heterocycles. The number of carbonyl (C=O) groups is 1. The zero-order valence-corrected chi connectivity index (χ0v) is 17.6. The largest absolute Gasteiger partial charge is 0.497 e. The molecule has 2 aromatic carbocycles. The van der Waals surface area contributed by atoms with Gasteiger partial charge in [0.05, 0.1) is 19.1 Å². The minimum absolute atomic E-state index is 0.0181. The number of hydrogen-bond donors (Lipinski definition) is 0. The number of ether oxygens (including phenoxy) is 1. The molecule has 0 spiro atoms. The first-order valence-electron chi connectivity index (χ1n) is 9.18. The number of methoxy groups -OCH3 is 1. The van der Waals surface area contributed by atoms with E-state index < -0.39 is 10.0 Å². The molecule has 1 fully saturated rings. The van der Waals surface area contributed by atoms with Gasteiger partial charge in [0.1, 0.15) is 5.75 Å². The van der Waals surface area contributed by atoms with E-state index in [4.69, 9.17) is 9.57 Å². The minimum Gasteiger partial charge on any atom is -0.497 e. The van der Waals surface area contributed by atoms with Gasteiger partial charge in [-0.15, -0.1) is 0 Å². The van der Waals surface area contributed by atoms with Crippen LogP contribution in [0.15, 0.2) is 53.4 Å². The van der Waals surface area contributed by atoms with E-state index in [9.17, 15) is 13.2 Å². The van der Waals surface area contributed by atoms with Gasteiger partial charge in [0.25, 0.3) is 15.9 Å². The van der Waals surface area contributed by atoms with Crippen LogP contribution in [0.1, 0.15) is 10.4 Å². The van der Waals surface area contributed by atoms with Gasteiger partial charge in [-0.3, -0.25) is 9.63 Å². The molecule has 3 rings (SSSR count). The van der Waals surface area contributed by atoms with Crippen LogP contribution in [0.2, 0.25) is 0 Å². The lowest BCUT2D eigenvalue weighted by atomic mass is 10.1. The molecular weight excluding hydrogens is 394 g/mol. The molecule has 156 valence electrons. The molecule has 2 aromatic rings. The topological polar surface area (TPSA) is 79.4 Å². The van der Waals surface area contributed by atoms with Crippen LogP contribution < -0.4 is 9.64 Å². The highest BCUT2D eigenvalue weighted by Crippen LogP contribution is 2.22. The Morgan fingerprint density at radius 3 is 2.24 bits per heavy atom. The fraction of sp³-hybridized carbons (Fsp3) is 0.350. The van der Waals surface area contributed by atoms with Crippen molar-refractivity contribution in [1.82, 2.24) is 9.37 Å². The highest BCUT2D eigenvalue weighted by atomic mass is 32.2. The summed E-state index contributed by atoms with van der Waals surface area (Å²) in [5.41, 5.74) is 1.42. The zero-order chi connectivity index (χ0) is 21.0. The smallest absolute Gasteiger partial charge is 0.264 e. The average Bonchev–Trinajstić information content (AvgIpc) is 2.78. The van der Waals surface area contributed by atoms with Crippen LogP contribution >= 0.6 is 0 Å². The number of piperazine rings is 1. The first kappa shape index (κ1) is 21.1. The summed E-state index contributed by atoms with van der Waals surface area (Å²) in [6.07, 6.45) is 0. The summed E-state index contributed by atoms with van der Waals surface area (Å²) in [5, 5.41) is 0. The fourth-order valence-electron chi connectivity index (χ4n) is 3.18. The van der Waals surface area contributed by atoms with Gasteiger partial charge in [-0.25, -0.2) is 8.42 Å². The van der Waals surface area contributed by atoms with Gasteiger partial charge in [-0.2, -0.15) is 0 Å². The molecule has 8 nitrogen and oxygen atoms in total. The van der Waals surface area contributed by atoms with E-state index in [2.05, 4.69) is 4.90 Å². The SMILES string of the molecule is COc1ccc(N2CCN(C(=O)c3cccc(S(=O)(=O)N(C)OC)c3)CC2)cc1. The summed E-state index contributed by atoms with van der Waals surface area (Å²) in [4.78, 5) is 21.7. The maximum Gasteiger partial charge on any atom is 0.264 e. The molecule has 0 atom stereocenters. The van der Waals surface area contributed by atoms with E-state index in [1.165, 1.54) is 26.3 Å². The first-order valence-corrected chi connectivity index (χ1v) is 10.6. The monoisotopic (exact) mass is 419 g/mol. The summed E-state index contributed by atoms with van der Waals surface area (Å²) < 4.78 is 30.8. The van der Waals surface area contributed by atoms with E-state index >= 15 is 0 Å². The van der Waals surface area contributed by atoms with Crippen molar-refractivity contribution in [2.45, 2.75) is 4.90 Å². The van der Waals surface area contributed by atoms with Crippen molar-refractivity contribution in [1.29, 1.82) is 0 Å². The Kier molecular flexibility index (Phi) is 6.41. The van der Waals surface area contributed by atoms with Gasteiger partial charge in [0.2, 0.25) is 0 Å². The molecule has 0 bridgehead atoms. The van der Waals surface area contributed by atoms with Crippen LogP contribution in [0.4, 0.5) is 5.69 Å². The van der Waals surface area contributed by atoms with E-state index in [0.717, 1.165) is 15.9 Å². The zero-order valence-electron chi connectivity index (χ0n) is 16.7. The van der Waals surface area contributed by atoms with Gasteiger partial charge >= 0.3 is 0 Å². The number of rotatable bonds is 6. The molecule has 0 aliphatic carbocycles. The molecule has 1 aliphatic heterocycles. The van der Waals surface area contributed by atoms with Crippen LogP contribution in [0.25, 0.3) is 0 Å². The maximum absolute atomic E-state index is 12.9. The number of hydrogen-bond acceptors (Lipinski definition) is 6. The van der Waals surface area contributed by atoms with Crippen molar-refractivity contribution in [3.05, 3.63) is 54.1 Å². The van der Waals surface area contributed by atoms with Gasteiger partial charge < -0.3 is 14.5 Å². The summed E-state index contributed by atoms with van der Waals surface area (Å²) in [6.45, 7) is 2.50. The molecule has 0 aromatic heterocycles. The Morgan fingerprint density at radius 1 is 1.00 bits per heavy atom. The predicted octanol–water partition coefficient (Wildman–Crippen LogP) is 1.84. The number of hydroxylamine groups is 1. The second kappa shape index (κ2) is 8.81. The molecule has 9 heteroatoms. The first-order chi connectivity index (χ1) is 13.9. The van der Waals surface area contributed by atoms with Crippen LogP contribution in [-0.2, 0) is 14.9 Å². The normalized spacial score (nSPS) is 14.9. The number of amides is 1. The lowest BCUT2D eigenvalue weighted by molar-refractivity contribution is -0.0258. The third-order valence-electron chi connectivity index (χ3n) is 4.98. The molecule has 0 saturated carbocycles. The lowest BCUT2D eigenvalue weighted by Crippen LogP contribution is -2.48. The number of benzene rings is 2. The van der Waals surface area contributed by atoms with Crippen molar-refractivity contribution in [2.75, 3.05) is 52.3 Å². The second-order valence-electron chi connectivity index (χ2n) is 6.60. The quantitative estimate of drug-likeness (QED) is 0.665. The Labute approximate surface area is 171 Å². The van der Waals surface area contributed by atoms with E-state index in [1.807, 2.05) is 24.3 Å². The second-order valence-corrected chi connectivity index (χ2v) is 8.54. The van der Waals surface area contributed by atoms with Gasteiger partial charge in [-0.1, -0.05) is 10.5 Å². The van der Waals surface area contributed by atoms with Crippen LogP contribution in [0, 0.1) is 0 Å². The fourth-order valence-corrected chi connectivity index (χ4v) is 4.20. The number of anilines is 1. The number of sulfonamides is 1. The molecule has 1 saturated heterocycles. The van der Waals surface area contributed by atoms with Crippen molar-refractivity contribution in [3.63, 3.8) is 0 Å². The Hall–Kier alpha value is -2.62. The van der Waals surface area contributed by atoms with Crippen LogP contribution in [0.3, 0.4) is 0 Å². The Bertz CT molecular complexity index is 954. The van der Waals surface area contributed by atoms with Crippen LogP contribution in [-0.4, -0.2) is 71.1 Å². The van der Waals surface area contributed by atoms with Crippen molar-refractivity contribution in [2.24, 2.45) is 0 Å². The molecule has 0 radical (unpaired) electrons. The Morgan fingerprint density at radius 2 is 1.66 bits per heavy atom. The van der Waals surface area contributed by atoms with E-state index in [0.29, 0.717) is 31.7 Å². The van der Waals surface area contributed by atoms with Crippen molar-refractivity contribution >= 4 is 21.6 Å².